The van der Waals surface area contributed by atoms with Crippen molar-refractivity contribution in [1.29, 1.82) is 0 Å². The summed E-state index contributed by atoms with van der Waals surface area (Å²) in [5, 5.41) is 9.26. The zero-order chi connectivity index (χ0) is 10.1. The third kappa shape index (κ3) is 1.31. The summed E-state index contributed by atoms with van der Waals surface area (Å²) in [7, 11) is 0. The lowest BCUT2D eigenvalue weighted by Gasteiger charge is -2.01. The van der Waals surface area contributed by atoms with Gasteiger partial charge in [0.15, 0.2) is 0 Å². The highest BCUT2D eigenvalue weighted by atomic mass is 19.1. The van der Waals surface area contributed by atoms with Crippen LogP contribution in [0.2, 0.25) is 0 Å². The van der Waals surface area contributed by atoms with E-state index in [1.54, 1.807) is 12.1 Å². The van der Waals surface area contributed by atoms with Gasteiger partial charge in [-0.15, -0.1) is 0 Å². The number of hydrogen-bond donors (Lipinski definition) is 1. The summed E-state index contributed by atoms with van der Waals surface area (Å²) in [5.41, 5.74) is 0.290. The topological polar surface area (TPSA) is 50.2 Å². The molecule has 0 fully saturated rings. The van der Waals surface area contributed by atoms with Gasteiger partial charge in [-0.25, -0.2) is 9.18 Å². The van der Waals surface area contributed by atoms with E-state index in [0.717, 1.165) is 6.07 Å². The molecule has 0 spiro atoms. The number of fused-ring (bicyclic) bond motifs is 1. The number of nitrogens with zero attached hydrogens (tertiary/aromatic N) is 1. The Hall–Kier alpha value is -1.97. The molecular formula is C10H6FNO2. The van der Waals surface area contributed by atoms with Crippen molar-refractivity contribution in [2.45, 2.75) is 0 Å². The van der Waals surface area contributed by atoms with Crippen LogP contribution in [0.25, 0.3) is 10.9 Å². The fraction of sp³-hybridized carbons (Fsp3) is 0. The number of rotatable bonds is 1. The Bertz CT molecular complexity index is 510. The van der Waals surface area contributed by atoms with Gasteiger partial charge >= 0.3 is 5.97 Å². The van der Waals surface area contributed by atoms with Gasteiger partial charge in [-0.1, -0.05) is 6.07 Å². The van der Waals surface area contributed by atoms with Gasteiger partial charge in [-0.3, -0.25) is 4.98 Å². The minimum atomic E-state index is -1.15. The zero-order valence-corrected chi connectivity index (χ0v) is 7.07. The van der Waals surface area contributed by atoms with Crippen molar-refractivity contribution in [3.63, 3.8) is 0 Å². The molecule has 0 aliphatic carbocycles. The summed E-state index contributed by atoms with van der Waals surface area (Å²) < 4.78 is 13.0. The highest BCUT2D eigenvalue weighted by Crippen LogP contribution is 2.18. The minimum absolute atomic E-state index is 0.0619. The molecule has 0 bridgehead atoms. The summed E-state index contributed by atoms with van der Waals surface area (Å²) in [4.78, 5) is 14.7. The van der Waals surface area contributed by atoms with E-state index in [0.29, 0.717) is 10.9 Å². The van der Waals surface area contributed by atoms with Crippen LogP contribution in [0, 0.1) is 5.82 Å². The summed E-state index contributed by atoms with van der Waals surface area (Å²) in [6.07, 6.45) is 1.49. The number of aromatic nitrogens is 1. The lowest BCUT2D eigenvalue weighted by Crippen LogP contribution is -1.99. The molecule has 0 amide bonds. The lowest BCUT2D eigenvalue weighted by atomic mass is 10.1. The molecule has 0 aliphatic heterocycles. The van der Waals surface area contributed by atoms with E-state index in [2.05, 4.69) is 4.98 Å². The second-order valence-electron chi connectivity index (χ2n) is 2.83. The molecule has 0 atom stereocenters. The van der Waals surface area contributed by atoms with Crippen molar-refractivity contribution in [1.82, 2.24) is 4.98 Å². The first-order valence-electron chi connectivity index (χ1n) is 3.96. The second-order valence-corrected chi connectivity index (χ2v) is 2.83. The van der Waals surface area contributed by atoms with Gasteiger partial charge in [-0.2, -0.15) is 0 Å². The summed E-state index contributed by atoms with van der Waals surface area (Å²) in [6.45, 7) is 0. The van der Waals surface area contributed by atoms with Gasteiger partial charge in [0.25, 0.3) is 0 Å². The number of pyridine rings is 1. The molecule has 1 aromatic heterocycles. The monoisotopic (exact) mass is 191 g/mol. The Balaban J connectivity index is 2.87. The van der Waals surface area contributed by atoms with E-state index < -0.39 is 11.8 Å². The Morgan fingerprint density at radius 1 is 1.43 bits per heavy atom. The molecule has 0 saturated carbocycles. The zero-order valence-electron chi connectivity index (χ0n) is 7.07. The molecule has 4 heteroatoms. The van der Waals surface area contributed by atoms with Crippen molar-refractivity contribution in [3.05, 3.63) is 41.8 Å². The number of carboxylic acids is 1. The average Bonchev–Trinajstić information content (AvgIpc) is 2.16. The van der Waals surface area contributed by atoms with Crippen LogP contribution >= 0.6 is 0 Å². The highest BCUT2D eigenvalue weighted by Gasteiger charge is 2.10. The smallest absolute Gasteiger partial charge is 0.336 e. The second kappa shape index (κ2) is 3.06. The Morgan fingerprint density at radius 3 is 2.93 bits per heavy atom. The first kappa shape index (κ1) is 8.62. The molecule has 3 nitrogen and oxygen atoms in total. The largest absolute Gasteiger partial charge is 0.478 e. The maximum atomic E-state index is 13.0. The van der Waals surface area contributed by atoms with Gasteiger partial charge in [-0.05, 0) is 12.1 Å². The van der Waals surface area contributed by atoms with Crippen LogP contribution in [-0.2, 0) is 0 Å². The third-order valence-corrected chi connectivity index (χ3v) is 1.92. The summed E-state index contributed by atoms with van der Waals surface area (Å²) >= 11 is 0. The van der Waals surface area contributed by atoms with Crippen LogP contribution in [0.4, 0.5) is 4.39 Å². The highest BCUT2D eigenvalue weighted by molar-refractivity contribution is 6.02. The van der Waals surface area contributed by atoms with Gasteiger partial charge in [0.1, 0.15) is 5.82 Å². The lowest BCUT2D eigenvalue weighted by molar-refractivity contribution is 0.0698. The molecule has 1 aromatic carbocycles. The first-order chi connectivity index (χ1) is 6.68. The molecule has 14 heavy (non-hydrogen) atoms. The predicted molar refractivity (Wildman–Crippen MR) is 48.7 cm³/mol. The standard InChI is InChI=1S/C10H6FNO2/c11-6-4-8(10(13)14)7-2-1-3-12-9(7)5-6/h1-5H,(H,13,14). The van der Waals surface area contributed by atoms with Gasteiger partial charge in [0.2, 0.25) is 0 Å². The number of halogens is 1. The number of carboxylic acid groups (broad SMARTS) is 1. The molecule has 0 unspecified atom stereocenters. The number of aromatic carboxylic acids is 1. The van der Waals surface area contributed by atoms with Crippen molar-refractivity contribution in [2.24, 2.45) is 0 Å². The third-order valence-electron chi connectivity index (χ3n) is 1.92. The predicted octanol–water partition coefficient (Wildman–Crippen LogP) is 2.07. The van der Waals surface area contributed by atoms with Gasteiger partial charge in [0.05, 0.1) is 11.1 Å². The first-order valence-corrected chi connectivity index (χ1v) is 3.96. The van der Waals surface area contributed by atoms with Crippen molar-refractivity contribution >= 4 is 16.9 Å². The maximum absolute atomic E-state index is 13.0. The van der Waals surface area contributed by atoms with Crippen LogP contribution in [0.3, 0.4) is 0 Å². The summed E-state index contributed by atoms with van der Waals surface area (Å²) in [5.74, 6) is -1.74. The molecular weight excluding hydrogens is 185 g/mol. The maximum Gasteiger partial charge on any atom is 0.336 e. The van der Waals surface area contributed by atoms with Crippen molar-refractivity contribution in [2.75, 3.05) is 0 Å². The number of benzene rings is 1. The Labute approximate surface area is 78.8 Å². The number of carbonyl (C=O) groups is 1. The molecule has 1 heterocycles. The van der Waals surface area contributed by atoms with E-state index >= 15 is 0 Å². The van der Waals surface area contributed by atoms with Gasteiger partial charge in [0, 0.05) is 17.6 Å². The van der Waals surface area contributed by atoms with E-state index in [1.165, 1.54) is 12.3 Å². The van der Waals surface area contributed by atoms with Crippen molar-refractivity contribution in [3.8, 4) is 0 Å². The van der Waals surface area contributed by atoms with Crippen LogP contribution < -0.4 is 0 Å². The SMILES string of the molecule is O=C(O)c1cc(F)cc2ncccc12. The van der Waals surface area contributed by atoms with E-state index in [-0.39, 0.29) is 5.56 Å². The van der Waals surface area contributed by atoms with Crippen LogP contribution in [0.5, 0.6) is 0 Å². The molecule has 0 aliphatic rings. The normalized spacial score (nSPS) is 10.4. The average molecular weight is 191 g/mol. The molecule has 2 aromatic rings. The molecule has 70 valence electrons. The summed E-state index contributed by atoms with van der Waals surface area (Å²) in [6, 6.07) is 5.42. The van der Waals surface area contributed by atoms with Crippen LogP contribution in [0.1, 0.15) is 10.4 Å². The van der Waals surface area contributed by atoms with E-state index in [4.69, 9.17) is 5.11 Å². The quantitative estimate of drug-likeness (QED) is 0.750. The molecule has 1 N–H and O–H groups in total. The van der Waals surface area contributed by atoms with E-state index in [9.17, 15) is 9.18 Å². The fourth-order valence-electron chi connectivity index (χ4n) is 1.33. The number of hydrogen-bond acceptors (Lipinski definition) is 2. The van der Waals surface area contributed by atoms with Gasteiger partial charge < -0.3 is 5.11 Å². The Kier molecular flexibility index (Phi) is 1.89. The Morgan fingerprint density at radius 2 is 2.21 bits per heavy atom. The van der Waals surface area contributed by atoms with E-state index in [1.807, 2.05) is 0 Å². The fourth-order valence-corrected chi connectivity index (χ4v) is 1.33. The van der Waals surface area contributed by atoms with Crippen molar-refractivity contribution < 1.29 is 14.3 Å². The molecule has 0 radical (unpaired) electrons. The molecule has 0 saturated heterocycles. The minimum Gasteiger partial charge on any atom is -0.478 e. The van der Waals surface area contributed by atoms with Crippen LogP contribution in [-0.4, -0.2) is 16.1 Å². The molecule has 2 rings (SSSR count). The van der Waals surface area contributed by atoms with Crippen LogP contribution in [0.15, 0.2) is 30.5 Å².